The molecule has 28 heavy (non-hydrogen) atoms. The molecule has 0 radical (unpaired) electrons. The van der Waals surface area contributed by atoms with E-state index in [9.17, 15) is 5.11 Å². The van der Waals surface area contributed by atoms with E-state index in [1.807, 2.05) is 60.7 Å². The summed E-state index contributed by atoms with van der Waals surface area (Å²) in [5.41, 5.74) is 10.7. The van der Waals surface area contributed by atoms with Crippen LogP contribution in [0.15, 0.2) is 65.8 Å². The van der Waals surface area contributed by atoms with Crippen molar-refractivity contribution in [3.05, 3.63) is 82.2 Å². The minimum Gasteiger partial charge on any atom is -0.387 e. The maximum atomic E-state index is 10.9. The Hall–Kier alpha value is -2.45. The number of fused-ring (bicyclic) bond motifs is 1. The van der Waals surface area contributed by atoms with Gasteiger partial charge in [0.05, 0.1) is 13.2 Å². The maximum Gasteiger partial charge on any atom is 0.184 e. The largest absolute Gasteiger partial charge is 0.387 e. The van der Waals surface area contributed by atoms with Gasteiger partial charge in [0.25, 0.3) is 0 Å². The first kappa shape index (κ1) is 18.9. The fourth-order valence-corrected chi connectivity index (χ4v) is 3.45. The highest BCUT2D eigenvalue weighted by Crippen LogP contribution is 2.35. The quantitative estimate of drug-likeness (QED) is 0.485. The molecule has 2 saturated heterocycles. The van der Waals surface area contributed by atoms with Crippen LogP contribution in [0.3, 0.4) is 0 Å². The van der Waals surface area contributed by atoms with E-state index in [4.69, 9.17) is 24.5 Å². The lowest BCUT2D eigenvalue weighted by atomic mass is 9.97. The van der Waals surface area contributed by atoms with Crippen LogP contribution in [-0.4, -0.2) is 42.4 Å². The van der Waals surface area contributed by atoms with E-state index in [1.54, 1.807) is 0 Å². The highest BCUT2D eigenvalue weighted by molar-refractivity contribution is 5.17. The van der Waals surface area contributed by atoms with Gasteiger partial charge < -0.3 is 24.1 Å². The predicted molar refractivity (Wildman–Crippen MR) is 98.8 cm³/mol. The standard InChI is InChI=1S/C20H21N3O5/c21-23-22-19-18(25-11-13-7-3-1-4-8-13)16(24)17-15(27-19)12-26-20(28-17)14-9-5-2-6-10-14/h1-10,15-20,24H,11-12H2/t15-,16+,17-,18-,19-,20-/m1/s1. The molecule has 1 N–H and O–H groups in total. The molecule has 2 fully saturated rings. The van der Waals surface area contributed by atoms with Gasteiger partial charge in [-0.15, -0.1) is 0 Å². The number of rotatable bonds is 5. The van der Waals surface area contributed by atoms with Crippen molar-refractivity contribution in [2.45, 2.75) is 43.5 Å². The van der Waals surface area contributed by atoms with Gasteiger partial charge in [-0.1, -0.05) is 65.8 Å². The molecule has 0 aliphatic carbocycles. The number of aliphatic hydroxyl groups is 1. The zero-order valence-electron chi connectivity index (χ0n) is 15.1. The second-order valence-electron chi connectivity index (χ2n) is 6.70. The van der Waals surface area contributed by atoms with Crippen molar-refractivity contribution in [1.82, 2.24) is 0 Å². The minimum atomic E-state index is -1.03. The summed E-state index contributed by atoms with van der Waals surface area (Å²) in [6.07, 6.45) is -4.68. The molecule has 0 bridgehead atoms. The summed E-state index contributed by atoms with van der Waals surface area (Å²) in [6.45, 7) is 0.462. The third-order valence-electron chi connectivity index (χ3n) is 4.85. The van der Waals surface area contributed by atoms with E-state index in [0.29, 0.717) is 0 Å². The molecule has 0 spiro atoms. The second-order valence-corrected chi connectivity index (χ2v) is 6.70. The third kappa shape index (κ3) is 4.02. The number of aliphatic hydroxyl groups excluding tert-OH is 1. The molecule has 6 atom stereocenters. The van der Waals surface area contributed by atoms with Crippen LogP contribution in [-0.2, 0) is 25.6 Å². The lowest BCUT2D eigenvalue weighted by molar-refractivity contribution is -0.332. The first-order chi connectivity index (χ1) is 13.8. The third-order valence-corrected chi connectivity index (χ3v) is 4.85. The van der Waals surface area contributed by atoms with E-state index in [2.05, 4.69) is 10.0 Å². The molecule has 2 aromatic rings. The van der Waals surface area contributed by atoms with Crippen LogP contribution in [0.4, 0.5) is 0 Å². The summed E-state index contributed by atoms with van der Waals surface area (Å²) in [7, 11) is 0. The Morgan fingerprint density at radius 2 is 1.79 bits per heavy atom. The molecule has 0 aromatic heterocycles. The normalized spacial score (nSPS) is 32.2. The molecule has 2 aliphatic rings. The Bertz CT molecular complexity index is 815. The highest BCUT2D eigenvalue weighted by atomic mass is 16.7. The summed E-state index contributed by atoms with van der Waals surface area (Å²) in [6, 6.07) is 19.0. The maximum absolute atomic E-state index is 10.9. The molecule has 2 aliphatic heterocycles. The van der Waals surface area contributed by atoms with Crippen LogP contribution in [0.2, 0.25) is 0 Å². The minimum absolute atomic E-state index is 0.212. The lowest BCUT2D eigenvalue weighted by Crippen LogP contribution is -2.61. The van der Waals surface area contributed by atoms with Crippen LogP contribution in [0.5, 0.6) is 0 Å². The Kier molecular flexibility index (Phi) is 5.87. The summed E-state index contributed by atoms with van der Waals surface area (Å²) in [5, 5.41) is 14.6. The highest BCUT2D eigenvalue weighted by Gasteiger charge is 2.49. The number of hydrogen-bond donors (Lipinski definition) is 1. The molecule has 0 amide bonds. The molecule has 146 valence electrons. The monoisotopic (exact) mass is 383 g/mol. The molecular weight excluding hydrogens is 362 g/mol. The van der Waals surface area contributed by atoms with Gasteiger partial charge in [-0.3, -0.25) is 0 Å². The molecule has 2 aromatic carbocycles. The summed E-state index contributed by atoms with van der Waals surface area (Å²) in [5.74, 6) is 0. The van der Waals surface area contributed by atoms with Crippen molar-refractivity contribution < 1.29 is 24.1 Å². The van der Waals surface area contributed by atoms with E-state index in [0.717, 1.165) is 11.1 Å². The molecule has 8 heteroatoms. The molecule has 0 unspecified atom stereocenters. The van der Waals surface area contributed by atoms with E-state index >= 15 is 0 Å². The zero-order valence-corrected chi connectivity index (χ0v) is 15.1. The molecule has 4 rings (SSSR count). The van der Waals surface area contributed by atoms with Crippen LogP contribution in [0.25, 0.3) is 10.4 Å². The van der Waals surface area contributed by atoms with E-state index in [-0.39, 0.29) is 13.2 Å². The molecule has 8 nitrogen and oxygen atoms in total. The average molecular weight is 383 g/mol. The fraction of sp³-hybridized carbons (Fsp3) is 0.400. The number of ether oxygens (including phenoxy) is 4. The van der Waals surface area contributed by atoms with Gasteiger partial charge in [-0.05, 0) is 11.1 Å². The Labute approximate surface area is 162 Å². The smallest absolute Gasteiger partial charge is 0.184 e. The Morgan fingerprint density at radius 1 is 1.07 bits per heavy atom. The van der Waals surface area contributed by atoms with Crippen LogP contribution in [0.1, 0.15) is 17.4 Å². The fourth-order valence-electron chi connectivity index (χ4n) is 3.45. The van der Waals surface area contributed by atoms with E-state index in [1.165, 1.54) is 0 Å². The van der Waals surface area contributed by atoms with Crippen molar-refractivity contribution >= 4 is 0 Å². The first-order valence-corrected chi connectivity index (χ1v) is 9.11. The van der Waals surface area contributed by atoms with Gasteiger partial charge in [0.2, 0.25) is 0 Å². The van der Waals surface area contributed by atoms with Crippen LogP contribution >= 0.6 is 0 Å². The van der Waals surface area contributed by atoms with Gasteiger partial charge in [-0.2, -0.15) is 0 Å². The Morgan fingerprint density at radius 3 is 2.50 bits per heavy atom. The average Bonchev–Trinajstić information content (AvgIpc) is 2.75. The van der Waals surface area contributed by atoms with Crippen LogP contribution in [0, 0.1) is 0 Å². The lowest BCUT2D eigenvalue weighted by Gasteiger charge is -2.46. The molecule has 2 heterocycles. The van der Waals surface area contributed by atoms with Crippen molar-refractivity contribution in [2.24, 2.45) is 5.11 Å². The molecule has 0 saturated carbocycles. The summed E-state index contributed by atoms with van der Waals surface area (Å²) >= 11 is 0. The summed E-state index contributed by atoms with van der Waals surface area (Å²) < 4.78 is 23.4. The number of benzene rings is 2. The topological polar surface area (TPSA) is 106 Å². The van der Waals surface area contributed by atoms with Gasteiger partial charge >= 0.3 is 0 Å². The number of nitrogens with zero attached hydrogens (tertiary/aromatic N) is 3. The van der Waals surface area contributed by atoms with Gasteiger partial charge in [0, 0.05) is 10.5 Å². The zero-order chi connectivity index (χ0) is 19.3. The number of azide groups is 1. The van der Waals surface area contributed by atoms with Crippen molar-refractivity contribution in [1.29, 1.82) is 0 Å². The SMILES string of the molecule is [N-]=[N+]=N[C@@H]1O[C@@H]2CO[C@@H](c3ccccc3)O[C@H]2[C@H](O)[C@H]1OCc1ccccc1. The van der Waals surface area contributed by atoms with Gasteiger partial charge in [-0.25, -0.2) is 0 Å². The van der Waals surface area contributed by atoms with Gasteiger partial charge in [0.1, 0.15) is 24.4 Å². The van der Waals surface area contributed by atoms with E-state index < -0.39 is 36.9 Å². The summed E-state index contributed by atoms with van der Waals surface area (Å²) in [4.78, 5) is 2.83. The van der Waals surface area contributed by atoms with Crippen molar-refractivity contribution in [3.63, 3.8) is 0 Å². The van der Waals surface area contributed by atoms with Crippen LogP contribution < -0.4 is 0 Å². The molecular formula is C20H21N3O5. The second kappa shape index (κ2) is 8.70. The first-order valence-electron chi connectivity index (χ1n) is 9.11. The Balaban J connectivity index is 1.50. The number of hydrogen-bond acceptors (Lipinski definition) is 6. The van der Waals surface area contributed by atoms with Crippen molar-refractivity contribution in [2.75, 3.05) is 6.61 Å². The van der Waals surface area contributed by atoms with Crippen molar-refractivity contribution in [3.8, 4) is 0 Å². The predicted octanol–water partition coefficient (Wildman–Crippen LogP) is 3.08. The van der Waals surface area contributed by atoms with Gasteiger partial charge in [0.15, 0.2) is 12.5 Å².